The van der Waals surface area contributed by atoms with Crippen LogP contribution in [0.2, 0.25) is 0 Å². The Hall–Kier alpha value is -3.70. The van der Waals surface area contributed by atoms with Crippen molar-refractivity contribution in [1.82, 2.24) is 10.4 Å². The predicted octanol–water partition coefficient (Wildman–Crippen LogP) is 4.79. The summed E-state index contributed by atoms with van der Waals surface area (Å²) in [5, 5.41) is 15.4. The zero-order chi connectivity index (χ0) is 22.5. The van der Waals surface area contributed by atoms with E-state index in [9.17, 15) is 14.9 Å². The molecule has 0 atom stereocenters. The number of aryl methyl sites for hydroxylation is 1. The first-order valence-electron chi connectivity index (χ1n) is 9.30. The third-order valence-corrected chi connectivity index (χ3v) is 6.12. The van der Waals surface area contributed by atoms with Gasteiger partial charge in [-0.1, -0.05) is 17.7 Å². The molecule has 0 saturated carbocycles. The quantitative estimate of drug-likeness (QED) is 0.224. The van der Waals surface area contributed by atoms with E-state index in [-0.39, 0.29) is 12.3 Å². The maximum atomic E-state index is 11.8. The number of hydrogen-bond donors (Lipinski definition) is 1. The maximum Gasteiger partial charge on any atom is 0.277 e. The number of hydrazone groups is 1. The average Bonchev–Trinajstić information content (AvgIpc) is 3.39. The van der Waals surface area contributed by atoms with Gasteiger partial charge in [-0.25, -0.2) is 10.4 Å². The van der Waals surface area contributed by atoms with Gasteiger partial charge in [0.15, 0.2) is 16.0 Å². The number of aromatic nitrogens is 1. The number of thiazole rings is 1. The van der Waals surface area contributed by atoms with Crippen LogP contribution in [0.1, 0.15) is 11.3 Å². The van der Waals surface area contributed by atoms with Gasteiger partial charge in [-0.2, -0.15) is 5.10 Å². The normalized spacial score (nSPS) is 11.2. The Morgan fingerprint density at radius 2 is 2.09 bits per heavy atom. The van der Waals surface area contributed by atoms with Crippen molar-refractivity contribution >= 4 is 51.1 Å². The van der Waals surface area contributed by atoms with E-state index < -0.39 is 10.8 Å². The van der Waals surface area contributed by atoms with E-state index in [4.69, 9.17) is 9.15 Å². The summed E-state index contributed by atoms with van der Waals surface area (Å²) in [7, 11) is 0. The molecule has 2 heterocycles. The third-order valence-electron chi connectivity index (χ3n) is 4.13. The lowest BCUT2D eigenvalue weighted by molar-refractivity contribution is -0.384. The van der Waals surface area contributed by atoms with E-state index in [1.54, 1.807) is 30.3 Å². The van der Waals surface area contributed by atoms with Crippen LogP contribution in [-0.4, -0.2) is 28.6 Å². The van der Waals surface area contributed by atoms with Crippen LogP contribution in [0.4, 0.5) is 5.69 Å². The molecule has 0 unspecified atom stereocenters. The minimum absolute atomic E-state index is 0.0282. The van der Waals surface area contributed by atoms with Crippen molar-refractivity contribution in [2.24, 2.45) is 5.10 Å². The van der Waals surface area contributed by atoms with Gasteiger partial charge in [0.2, 0.25) is 0 Å². The molecule has 0 saturated heterocycles. The molecule has 4 rings (SSSR count). The summed E-state index contributed by atoms with van der Waals surface area (Å²) in [5.41, 5.74) is 4.20. The number of rotatable bonds is 8. The first-order chi connectivity index (χ1) is 15.5. The Bertz CT molecular complexity index is 1300. The summed E-state index contributed by atoms with van der Waals surface area (Å²) in [5.74, 6) is 0.655. The topological polar surface area (TPSA) is 120 Å². The second-order valence-electron chi connectivity index (χ2n) is 6.54. The molecule has 1 amide bonds. The fraction of sp³-hybridized carbons (Fsp3) is 0.0952. The molecule has 32 heavy (non-hydrogen) atoms. The largest absolute Gasteiger partial charge is 0.484 e. The summed E-state index contributed by atoms with van der Waals surface area (Å²) >= 11 is 2.64. The van der Waals surface area contributed by atoms with Crippen LogP contribution in [0.15, 0.2) is 73.5 Å². The number of ether oxygens (including phenoxy) is 1. The first-order valence-corrected chi connectivity index (χ1v) is 10.9. The van der Waals surface area contributed by atoms with Gasteiger partial charge in [0.25, 0.3) is 11.6 Å². The summed E-state index contributed by atoms with van der Waals surface area (Å²) in [6.45, 7) is 1.81. The van der Waals surface area contributed by atoms with E-state index in [1.807, 2.05) is 19.1 Å². The van der Waals surface area contributed by atoms with Crippen molar-refractivity contribution in [3.05, 3.63) is 76.0 Å². The molecule has 2 aromatic carbocycles. The number of amides is 1. The lowest BCUT2D eigenvalue weighted by atomic mass is 10.2. The van der Waals surface area contributed by atoms with E-state index in [0.717, 1.165) is 10.3 Å². The minimum atomic E-state index is -0.433. The van der Waals surface area contributed by atoms with Crippen molar-refractivity contribution < 1.29 is 18.9 Å². The monoisotopic (exact) mass is 468 g/mol. The number of carbonyl (C=O) groups excluding carboxylic acids is 1. The summed E-state index contributed by atoms with van der Waals surface area (Å²) in [6.07, 6.45) is 1.38. The van der Waals surface area contributed by atoms with Crippen molar-refractivity contribution in [2.45, 2.75) is 16.4 Å². The molecule has 1 N–H and O–H groups in total. The molecule has 0 bridgehead atoms. The molecule has 4 aromatic rings. The number of benzene rings is 2. The van der Waals surface area contributed by atoms with Gasteiger partial charge < -0.3 is 9.15 Å². The van der Waals surface area contributed by atoms with Gasteiger partial charge >= 0.3 is 0 Å². The van der Waals surface area contributed by atoms with Gasteiger partial charge in [0, 0.05) is 12.1 Å². The highest BCUT2D eigenvalue weighted by Gasteiger charge is 2.12. The number of nitro benzene ring substituents is 1. The van der Waals surface area contributed by atoms with Crippen LogP contribution in [0, 0.1) is 17.0 Å². The van der Waals surface area contributed by atoms with E-state index in [2.05, 4.69) is 15.5 Å². The smallest absolute Gasteiger partial charge is 0.277 e. The summed E-state index contributed by atoms with van der Waals surface area (Å²) < 4.78 is 12.5. The lowest BCUT2D eigenvalue weighted by Gasteiger charge is -2.04. The zero-order valence-electron chi connectivity index (χ0n) is 16.7. The molecule has 0 aliphatic heterocycles. The highest BCUT2D eigenvalue weighted by molar-refractivity contribution is 8.01. The highest BCUT2D eigenvalue weighted by atomic mass is 32.2. The molecule has 0 fully saturated rings. The Balaban J connectivity index is 1.30. The second-order valence-corrected chi connectivity index (χ2v) is 8.82. The van der Waals surface area contributed by atoms with Crippen molar-refractivity contribution in [1.29, 1.82) is 0 Å². The zero-order valence-corrected chi connectivity index (χ0v) is 18.3. The molecule has 162 valence electrons. The third kappa shape index (κ3) is 5.50. The van der Waals surface area contributed by atoms with Gasteiger partial charge in [0.05, 0.1) is 21.4 Å². The van der Waals surface area contributed by atoms with Crippen LogP contribution in [0.25, 0.3) is 10.2 Å². The van der Waals surface area contributed by atoms with Crippen LogP contribution in [0.3, 0.4) is 0 Å². The molecule has 0 aliphatic carbocycles. The van der Waals surface area contributed by atoms with Crippen LogP contribution >= 0.6 is 23.1 Å². The predicted molar refractivity (Wildman–Crippen MR) is 122 cm³/mol. The van der Waals surface area contributed by atoms with Gasteiger partial charge in [-0.05, 0) is 49.0 Å². The van der Waals surface area contributed by atoms with Gasteiger partial charge in [0.1, 0.15) is 11.5 Å². The first kappa shape index (κ1) is 21.5. The SMILES string of the molecule is Cc1ccc(OCC(=O)N/N=C/c2ccc(Sc3nc4ccc([N+](=O)[O-])cc4s3)o2)cc1. The van der Waals surface area contributed by atoms with Gasteiger partial charge in [-0.15, -0.1) is 11.3 Å². The Kier molecular flexibility index (Phi) is 6.47. The average molecular weight is 469 g/mol. The second kappa shape index (κ2) is 9.62. The number of hydrogen-bond acceptors (Lipinski definition) is 9. The van der Waals surface area contributed by atoms with Crippen LogP contribution in [0.5, 0.6) is 5.75 Å². The van der Waals surface area contributed by atoms with Gasteiger partial charge in [-0.3, -0.25) is 14.9 Å². The maximum absolute atomic E-state index is 11.8. The lowest BCUT2D eigenvalue weighted by Crippen LogP contribution is -2.24. The number of furan rings is 1. The van der Waals surface area contributed by atoms with Crippen molar-refractivity contribution in [3.63, 3.8) is 0 Å². The highest BCUT2D eigenvalue weighted by Crippen LogP contribution is 2.36. The summed E-state index contributed by atoms with van der Waals surface area (Å²) in [6, 6.07) is 15.4. The van der Waals surface area contributed by atoms with E-state index in [0.29, 0.717) is 26.5 Å². The van der Waals surface area contributed by atoms with E-state index in [1.165, 1.54) is 41.4 Å². The fourth-order valence-corrected chi connectivity index (χ4v) is 4.58. The molecule has 9 nitrogen and oxygen atoms in total. The molecular formula is C21H16N4O5S2. The number of carbonyl (C=O) groups is 1. The molecule has 0 radical (unpaired) electrons. The number of fused-ring (bicyclic) bond motifs is 1. The number of nitro groups is 1. The van der Waals surface area contributed by atoms with E-state index >= 15 is 0 Å². The number of nitrogens with zero attached hydrogens (tertiary/aromatic N) is 3. The fourth-order valence-electron chi connectivity index (χ4n) is 2.58. The van der Waals surface area contributed by atoms with Crippen LogP contribution < -0.4 is 10.2 Å². The van der Waals surface area contributed by atoms with Crippen molar-refractivity contribution in [3.8, 4) is 5.75 Å². The van der Waals surface area contributed by atoms with Crippen LogP contribution in [-0.2, 0) is 4.79 Å². The molecule has 0 aliphatic rings. The van der Waals surface area contributed by atoms with Crippen molar-refractivity contribution in [2.75, 3.05) is 6.61 Å². The molecule has 11 heteroatoms. The number of nitrogens with one attached hydrogen (secondary N) is 1. The standard InChI is InChI=1S/C21H16N4O5S2/c1-13-2-5-15(6-3-13)29-12-19(26)24-22-11-16-7-9-20(30-16)32-21-23-17-8-4-14(25(27)28)10-18(17)31-21/h2-11H,12H2,1H3,(H,24,26)/b22-11+. The summed E-state index contributed by atoms with van der Waals surface area (Å²) in [4.78, 5) is 26.8. The number of non-ortho nitro benzene ring substituents is 1. The Morgan fingerprint density at radius 3 is 2.88 bits per heavy atom. The Morgan fingerprint density at radius 1 is 1.28 bits per heavy atom. The molecule has 0 spiro atoms. The molecular weight excluding hydrogens is 452 g/mol. The minimum Gasteiger partial charge on any atom is -0.484 e. The Labute approximate surface area is 190 Å². The molecule has 2 aromatic heterocycles.